The molecule has 4 N–H and O–H groups in total. The summed E-state index contributed by atoms with van der Waals surface area (Å²) in [5.74, 6) is -5.02. The average molecular weight is 382 g/mol. The molecule has 16 heteroatoms. The van der Waals surface area contributed by atoms with Crippen LogP contribution >= 0.6 is 0 Å². The Bertz CT molecular complexity index is 498. The topological polar surface area (TPSA) is 229 Å². The Morgan fingerprint density at radius 3 is 1.32 bits per heavy atom. The van der Waals surface area contributed by atoms with Crippen molar-refractivity contribution in [2.45, 2.75) is 18.4 Å². The smallest absolute Gasteiger partial charge is 0.761 e. The molecule has 0 bridgehead atoms. The Balaban J connectivity index is -0.000000156. The molecule has 0 amide bonds. The van der Waals surface area contributed by atoms with Crippen LogP contribution in [0.15, 0.2) is 0 Å². The van der Waals surface area contributed by atoms with Gasteiger partial charge in [0.25, 0.3) is 0 Å². The Labute approximate surface area is 169 Å². The van der Waals surface area contributed by atoms with E-state index in [1.165, 1.54) is 0 Å². The van der Waals surface area contributed by atoms with Gasteiger partial charge in [0.1, 0.15) is 0 Å². The number of hydrogen-bond acceptors (Lipinski definition) is 9. The minimum absolute atomic E-state index is 0. The van der Waals surface area contributed by atoms with Crippen LogP contribution in [0, 0.1) is 0 Å². The molecule has 0 spiro atoms. The molecule has 1 unspecified atom stereocenters. The molecule has 0 aromatic rings. The van der Waals surface area contributed by atoms with Gasteiger partial charge in [-0.05, 0) is 0 Å². The summed E-state index contributed by atoms with van der Waals surface area (Å²) in [6, 6.07) is 0. The average Bonchev–Trinajstić information content (AvgIpc) is 2.13. The zero-order valence-corrected chi connectivity index (χ0v) is 16.9. The van der Waals surface area contributed by atoms with Crippen LogP contribution in [-0.2, 0) is 33.6 Å². The number of carboxylic acid groups (broad SMARTS) is 3. The molecule has 0 fully saturated rings. The molecule has 0 aromatic heterocycles. The molecule has 1 atom stereocenters. The van der Waals surface area contributed by atoms with Gasteiger partial charge in [0.05, 0.1) is 23.0 Å². The van der Waals surface area contributed by atoms with Crippen molar-refractivity contribution in [3.05, 3.63) is 0 Å². The molecule has 0 radical (unpaired) electrons. The molecule has 0 saturated carbocycles. The van der Waals surface area contributed by atoms with E-state index in [9.17, 15) is 14.4 Å². The second-order valence-electron chi connectivity index (χ2n) is 3.09. The summed E-state index contributed by atoms with van der Waals surface area (Å²) in [5, 5.41) is 33.8. The van der Waals surface area contributed by atoms with E-state index in [0.29, 0.717) is 0 Å². The third-order valence-electron chi connectivity index (χ3n) is 1.45. The minimum Gasteiger partial charge on any atom is -0.761 e. The summed E-state index contributed by atoms with van der Waals surface area (Å²) in [4.78, 5) is 30.5. The first-order valence-electron chi connectivity index (χ1n) is 4.17. The number of carboxylic acids is 3. The van der Waals surface area contributed by atoms with E-state index in [0.717, 1.165) is 0 Å². The molecule has 0 aliphatic heterocycles. The van der Waals surface area contributed by atoms with Gasteiger partial charge in [0, 0.05) is 0 Å². The predicted molar refractivity (Wildman–Crippen MR) is 55.7 cm³/mol. The summed E-state index contributed by atoms with van der Waals surface area (Å²) in [6.45, 7) is 0. The van der Waals surface area contributed by atoms with Crippen LogP contribution in [0.4, 0.5) is 0 Å². The Kier molecular flexibility index (Phi) is 17.6. The molecule has 118 valence electrons. The first kappa shape index (κ1) is 30.3. The maximum absolute atomic E-state index is 10.3. The Morgan fingerprint density at radius 1 is 1.00 bits per heavy atom. The predicted octanol–water partition coefficient (Wildman–Crippen LogP) is -8.91. The van der Waals surface area contributed by atoms with Crippen LogP contribution in [0.2, 0.25) is 0 Å². The van der Waals surface area contributed by atoms with E-state index in [1.54, 1.807) is 0 Å². The van der Waals surface area contributed by atoms with Crippen LogP contribution in [0.25, 0.3) is 0 Å². The summed E-state index contributed by atoms with van der Waals surface area (Å²) in [6.07, 6.45) is -2.29. The molecule has 0 aliphatic carbocycles. The van der Waals surface area contributed by atoms with Crippen molar-refractivity contribution in [3.63, 3.8) is 0 Å². The van der Waals surface area contributed by atoms with E-state index in [4.69, 9.17) is 42.2 Å². The quantitative estimate of drug-likeness (QED) is 0.145. The van der Waals surface area contributed by atoms with Crippen molar-refractivity contribution < 1.29 is 116 Å². The molecular formula is C6H8Na2O12S2. The Morgan fingerprint density at radius 2 is 1.23 bits per heavy atom. The minimum atomic E-state index is -5.07. The summed E-state index contributed by atoms with van der Waals surface area (Å²) >= 11 is 0. The molecular weight excluding hydrogens is 374 g/mol. The molecule has 0 aromatic carbocycles. The normalized spacial score (nSPS) is 11.6. The second kappa shape index (κ2) is 12.8. The van der Waals surface area contributed by atoms with Crippen molar-refractivity contribution in [1.29, 1.82) is 0 Å². The fraction of sp³-hybridized carbons (Fsp3) is 0.500. The van der Waals surface area contributed by atoms with Crippen LogP contribution in [0.3, 0.4) is 0 Å². The van der Waals surface area contributed by atoms with Gasteiger partial charge < -0.3 is 29.5 Å². The maximum atomic E-state index is 10.3. The van der Waals surface area contributed by atoms with Crippen LogP contribution < -0.4 is 59.1 Å². The summed E-state index contributed by atoms with van der Waals surface area (Å²) < 4.78 is 45.7. The van der Waals surface area contributed by atoms with Crippen LogP contribution in [-0.4, -0.2) is 65.7 Å². The standard InChI is InChI=1S/C6H8O7.2Na.H2O5S2/c7-3(8)1-6(13,5(11)12)2-4(9)10;;;1-6(2)7(3,4)5/h13H,1-2H2,(H,7,8)(H,9,10)(H,11,12);;;(H,1,2)(H,3,4,5)/q;2*+1;/p-2. The third-order valence-corrected chi connectivity index (χ3v) is 2.79. The van der Waals surface area contributed by atoms with E-state index >= 15 is 0 Å². The van der Waals surface area contributed by atoms with Crippen molar-refractivity contribution in [3.8, 4) is 0 Å². The molecule has 0 aliphatic rings. The zero-order chi connectivity index (χ0) is 16.7. The van der Waals surface area contributed by atoms with Gasteiger partial charge >= 0.3 is 77.0 Å². The number of rotatable bonds is 6. The molecule has 22 heavy (non-hydrogen) atoms. The van der Waals surface area contributed by atoms with Crippen LogP contribution in [0.1, 0.15) is 12.8 Å². The van der Waals surface area contributed by atoms with Gasteiger partial charge in [0.2, 0.25) is 0 Å². The van der Waals surface area contributed by atoms with Gasteiger partial charge in [0.15, 0.2) is 14.8 Å². The SMILES string of the molecule is O=C(O)CC(O)(CC(=O)O)C(=O)O.O=S([O-])S(=O)(=O)[O-].[Na+].[Na+]. The number of hydrogen-bond donors (Lipinski definition) is 4. The first-order valence-corrected chi connectivity index (χ1v) is 7.17. The van der Waals surface area contributed by atoms with E-state index < -0.39 is 55.6 Å². The number of aliphatic hydroxyl groups is 1. The number of carbonyl (C=O) groups is 3. The largest absolute Gasteiger partial charge is 1.00 e. The zero-order valence-electron chi connectivity index (χ0n) is 11.3. The molecule has 0 saturated heterocycles. The van der Waals surface area contributed by atoms with Gasteiger partial charge in [-0.15, -0.1) is 0 Å². The van der Waals surface area contributed by atoms with Crippen LogP contribution in [0.5, 0.6) is 0 Å². The maximum Gasteiger partial charge on any atom is 1.00 e. The van der Waals surface area contributed by atoms with Crippen molar-refractivity contribution in [2.24, 2.45) is 0 Å². The van der Waals surface area contributed by atoms with E-state index in [1.807, 2.05) is 0 Å². The van der Waals surface area contributed by atoms with Gasteiger partial charge in [-0.3, -0.25) is 13.8 Å². The van der Waals surface area contributed by atoms with Crippen molar-refractivity contribution >= 4 is 37.2 Å². The molecule has 0 heterocycles. The fourth-order valence-corrected chi connectivity index (χ4v) is 0.714. The second-order valence-corrected chi connectivity index (χ2v) is 6.36. The molecule has 0 rings (SSSR count). The fourth-order valence-electron chi connectivity index (χ4n) is 0.714. The van der Waals surface area contributed by atoms with Crippen molar-refractivity contribution in [2.75, 3.05) is 0 Å². The van der Waals surface area contributed by atoms with Gasteiger partial charge in [-0.2, -0.15) is 0 Å². The molecule has 12 nitrogen and oxygen atoms in total. The summed E-state index contributed by atoms with van der Waals surface area (Å²) in [5.41, 5.74) is -2.74. The Hall–Kier alpha value is 0.390. The first-order chi connectivity index (χ1) is 8.72. The van der Waals surface area contributed by atoms with Gasteiger partial charge in [-0.1, -0.05) is 0 Å². The third kappa shape index (κ3) is 15.3. The van der Waals surface area contributed by atoms with Crippen molar-refractivity contribution in [1.82, 2.24) is 0 Å². The number of aliphatic carboxylic acids is 3. The van der Waals surface area contributed by atoms with Gasteiger partial charge in [-0.25, -0.2) is 13.2 Å². The van der Waals surface area contributed by atoms with E-state index in [2.05, 4.69) is 0 Å². The van der Waals surface area contributed by atoms with E-state index in [-0.39, 0.29) is 59.1 Å². The monoisotopic (exact) mass is 382 g/mol. The summed E-state index contributed by atoms with van der Waals surface area (Å²) in [7, 11) is -8.59.